The number of carboxylic acids is 1. The molecular weight excluding hydrogens is 230 g/mol. The standard InChI is InChI=1S/C14H17NO3/c1-10(2)8-12(14(17)18)15-13(16)9-11-6-4-3-5-7-11/h3-7,12H,1,8-9H2,2H3,(H,15,16)(H,17,18)/t12-/m0/s1. The van der Waals surface area contributed by atoms with Crippen molar-refractivity contribution in [2.75, 3.05) is 0 Å². The third-order valence-corrected chi connectivity index (χ3v) is 2.39. The molecule has 0 unspecified atom stereocenters. The van der Waals surface area contributed by atoms with Gasteiger partial charge in [0.1, 0.15) is 6.04 Å². The first kappa shape index (κ1) is 14.0. The van der Waals surface area contributed by atoms with E-state index in [1.165, 1.54) is 0 Å². The van der Waals surface area contributed by atoms with E-state index in [4.69, 9.17) is 5.11 Å². The van der Waals surface area contributed by atoms with E-state index in [0.29, 0.717) is 0 Å². The van der Waals surface area contributed by atoms with Crippen molar-refractivity contribution < 1.29 is 14.7 Å². The highest BCUT2D eigenvalue weighted by atomic mass is 16.4. The highest BCUT2D eigenvalue weighted by Gasteiger charge is 2.19. The number of carboxylic acid groups (broad SMARTS) is 1. The lowest BCUT2D eigenvalue weighted by Crippen LogP contribution is -2.41. The molecule has 0 radical (unpaired) electrons. The molecule has 0 heterocycles. The average Bonchev–Trinajstić information content (AvgIpc) is 2.28. The van der Waals surface area contributed by atoms with Crippen LogP contribution in [-0.2, 0) is 16.0 Å². The van der Waals surface area contributed by atoms with Crippen molar-refractivity contribution in [1.82, 2.24) is 5.32 Å². The Labute approximate surface area is 106 Å². The van der Waals surface area contributed by atoms with Gasteiger partial charge >= 0.3 is 5.97 Å². The van der Waals surface area contributed by atoms with Gasteiger partial charge in [0.15, 0.2) is 0 Å². The van der Waals surface area contributed by atoms with Gasteiger partial charge in [0.05, 0.1) is 6.42 Å². The van der Waals surface area contributed by atoms with Gasteiger partial charge in [-0.05, 0) is 18.9 Å². The lowest BCUT2D eigenvalue weighted by atomic mass is 10.1. The molecular formula is C14H17NO3. The van der Waals surface area contributed by atoms with Crippen LogP contribution in [-0.4, -0.2) is 23.0 Å². The van der Waals surface area contributed by atoms with E-state index in [2.05, 4.69) is 11.9 Å². The zero-order valence-electron chi connectivity index (χ0n) is 10.3. The molecule has 0 saturated carbocycles. The molecule has 96 valence electrons. The molecule has 0 saturated heterocycles. The molecule has 4 heteroatoms. The SMILES string of the molecule is C=C(C)C[C@H](NC(=O)Cc1ccccc1)C(=O)O. The largest absolute Gasteiger partial charge is 0.480 e. The third kappa shape index (κ3) is 4.82. The second-order valence-electron chi connectivity index (χ2n) is 4.28. The van der Waals surface area contributed by atoms with Crippen molar-refractivity contribution >= 4 is 11.9 Å². The number of carbonyl (C=O) groups excluding carboxylic acids is 1. The monoisotopic (exact) mass is 247 g/mol. The lowest BCUT2D eigenvalue weighted by Gasteiger charge is -2.14. The minimum Gasteiger partial charge on any atom is -0.480 e. The summed E-state index contributed by atoms with van der Waals surface area (Å²) in [5.41, 5.74) is 1.58. The van der Waals surface area contributed by atoms with Gasteiger partial charge < -0.3 is 10.4 Å². The third-order valence-electron chi connectivity index (χ3n) is 2.39. The summed E-state index contributed by atoms with van der Waals surface area (Å²) in [4.78, 5) is 22.7. The zero-order chi connectivity index (χ0) is 13.5. The van der Waals surface area contributed by atoms with Crippen LogP contribution in [0.15, 0.2) is 42.5 Å². The molecule has 1 atom stereocenters. The molecule has 1 rings (SSSR count). The Kier molecular flexibility index (Phi) is 5.11. The highest BCUT2D eigenvalue weighted by molar-refractivity contribution is 5.85. The van der Waals surface area contributed by atoms with Crippen LogP contribution in [0.25, 0.3) is 0 Å². The van der Waals surface area contributed by atoms with Crippen LogP contribution in [0.5, 0.6) is 0 Å². The minimum absolute atomic E-state index is 0.181. The van der Waals surface area contributed by atoms with Crippen molar-refractivity contribution in [3.63, 3.8) is 0 Å². The van der Waals surface area contributed by atoms with Crippen molar-refractivity contribution in [2.24, 2.45) is 0 Å². The van der Waals surface area contributed by atoms with Crippen LogP contribution in [0.2, 0.25) is 0 Å². The van der Waals surface area contributed by atoms with Gasteiger partial charge in [-0.3, -0.25) is 4.79 Å². The quantitative estimate of drug-likeness (QED) is 0.753. The first-order valence-corrected chi connectivity index (χ1v) is 5.69. The maximum atomic E-state index is 11.7. The predicted octanol–water partition coefficient (Wildman–Crippen LogP) is 1.76. The predicted molar refractivity (Wildman–Crippen MR) is 69.1 cm³/mol. The van der Waals surface area contributed by atoms with Gasteiger partial charge in [0.2, 0.25) is 5.91 Å². The molecule has 0 aromatic heterocycles. The van der Waals surface area contributed by atoms with Gasteiger partial charge in [0, 0.05) is 0 Å². The summed E-state index contributed by atoms with van der Waals surface area (Å²) in [7, 11) is 0. The fraction of sp³-hybridized carbons (Fsp3) is 0.286. The molecule has 1 amide bonds. The number of hydrogen-bond acceptors (Lipinski definition) is 2. The molecule has 0 aliphatic rings. The Balaban J connectivity index is 2.56. The second-order valence-corrected chi connectivity index (χ2v) is 4.28. The van der Waals surface area contributed by atoms with E-state index in [1.54, 1.807) is 6.92 Å². The maximum Gasteiger partial charge on any atom is 0.326 e. The molecule has 0 aliphatic heterocycles. The Morgan fingerprint density at radius 2 is 1.94 bits per heavy atom. The van der Waals surface area contributed by atoms with E-state index in [1.807, 2.05) is 30.3 Å². The second kappa shape index (κ2) is 6.59. The Morgan fingerprint density at radius 3 is 2.44 bits per heavy atom. The van der Waals surface area contributed by atoms with Crippen molar-refractivity contribution in [3.05, 3.63) is 48.0 Å². The van der Waals surface area contributed by atoms with Crippen molar-refractivity contribution in [1.29, 1.82) is 0 Å². The molecule has 0 fully saturated rings. The summed E-state index contributed by atoms with van der Waals surface area (Å²) in [6, 6.07) is 8.29. The van der Waals surface area contributed by atoms with Gasteiger partial charge in [0.25, 0.3) is 0 Å². The molecule has 2 N–H and O–H groups in total. The number of nitrogens with one attached hydrogen (secondary N) is 1. The summed E-state index contributed by atoms with van der Waals surface area (Å²) < 4.78 is 0. The van der Waals surface area contributed by atoms with Crippen LogP contribution >= 0.6 is 0 Å². The van der Waals surface area contributed by atoms with Gasteiger partial charge in [-0.15, -0.1) is 6.58 Å². The summed E-state index contributed by atoms with van der Waals surface area (Å²) in [6.07, 6.45) is 0.427. The van der Waals surface area contributed by atoms with E-state index in [9.17, 15) is 9.59 Å². The van der Waals surface area contributed by atoms with E-state index < -0.39 is 12.0 Å². The van der Waals surface area contributed by atoms with Crippen LogP contribution in [0.1, 0.15) is 18.9 Å². The van der Waals surface area contributed by atoms with E-state index in [-0.39, 0.29) is 18.7 Å². The normalized spacial score (nSPS) is 11.6. The number of amides is 1. The average molecular weight is 247 g/mol. The fourth-order valence-electron chi connectivity index (χ4n) is 1.58. The molecule has 0 bridgehead atoms. The number of aliphatic carboxylic acids is 1. The zero-order valence-corrected chi connectivity index (χ0v) is 10.3. The minimum atomic E-state index is -1.04. The Hall–Kier alpha value is -2.10. The Morgan fingerprint density at radius 1 is 1.33 bits per heavy atom. The molecule has 0 spiro atoms. The maximum absolute atomic E-state index is 11.7. The van der Waals surface area contributed by atoms with Crippen LogP contribution in [0.3, 0.4) is 0 Å². The number of carbonyl (C=O) groups is 2. The Bertz CT molecular complexity index is 440. The fourth-order valence-corrected chi connectivity index (χ4v) is 1.58. The topological polar surface area (TPSA) is 66.4 Å². The number of rotatable bonds is 6. The molecule has 1 aromatic rings. The molecule has 0 aliphatic carbocycles. The van der Waals surface area contributed by atoms with Crippen LogP contribution in [0, 0.1) is 0 Å². The van der Waals surface area contributed by atoms with Crippen molar-refractivity contribution in [2.45, 2.75) is 25.8 Å². The first-order valence-electron chi connectivity index (χ1n) is 5.69. The lowest BCUT2D eigenvalue weighted by molar-refractivity contribution is -0.141. The number of benzene rings is 1. The first-order chi connectivity index (χ1) is 8.49. The van der Waals surface area contributed by atoms with E-state index >= 15 is 0 Å². The summed E-state index contributed by atoms with van der Waals surface area (Å²) in [5, 5.41) is 11.5. The molecule has 4 nitrogen and oxygen atoms in total. The van der Waals surface area contributed by atoms with Crippen molar-refractivity contribution in [3.8, 4) is 0 Å². The van der Waals surface area contributed by atoms with Crippen LogP contribution < -0.4 is 5.32 Å². The summed E-state index contributed by atoms with van der Waals surface area (Å²) in [6.45, 7) is 5.39. The molecule has 1 aromatic carbocycles. The number of hydrogen-bond donors (Lipinski definition) is 2. The molecule has 18 heavy (non-hydrogen) atoms. The highest BCUT2D eigenvalue weighted by Crippen LogP contribution is 2.04. The summed E-state index contributed by atoms with van der Waals surface area (Å²) in [5.74, 6) is -1.34. The van der Waals surface area contributed by atoms with Gasteiger partial charge in [-0.1, -0.05) is 35.9 Å². The van der Waals surface area contributed by atoms with Gasteiger partial charge in [-0.25, -0.2) is 4.79 Å². The van der Waals surface area contributed by atoms with Gasteiger partial charge in [-0.2, -0.15) is 0 Å². The smallest absolute Gasteiger partial charge is 0.326 e. The van der Waals surface area contributed by atoms with Crippen LogP contribution in [0.4, 0.5) is 0 Å². The summed E-state index contributed by atoms with van der Waals surface area (Å²) >= 11 is 0. The van der Waals surface area contributed by atoms with E-state index in [0.717, 1.165) is 11.1 Å².